The molecule has 0 spiro atoms. The molecular formula is C9H13N5O11P2. The molecule has 1 fully saturated rings. The van der Waals surface area contributed by atoms with E-state index in [0.29, 0.717) is 0 Å². The van der Waals surface area contributed by atoms with Gasteiger partial charge in [-0.1, -0.05) is 5.21 Å². The van der Waals surface area contributed by atoms with Crippen molar-refractivity contribution in [3.8, 4) is 0 Å². The van der Waals surface area contributed by atoms with Crippen molar-refractivity contribution in [3.63, 3.8) is 0 Å². The number of aromatic amines is 1. The Hall–Kier alpha value is -1.58. The number of nitrogens with one attached hydrogen (secondary N) is 1. The normalized spacial score (nSPS) is 28.5. The number of hydrogen-bond donors (Lipinski definition) is 6. The second-order valence-corrected chi connectivity index (χ2v) is 8.18. The lowest BCUT2D eigenvalue weighted by Crippen LogP contribution is -2.33. The van der Waals surface area contributed by atoms with Crippen LogP contribution in [0.25, 0.3) is 11.2 Å². The van der Waals surface area contributed by atoms with Gasteiger partial charge in [0.1, 0.15) is 18.3 Å². The molecule has 0 radical (unpaired) electrons. The highest BCUT2D eigenvalue weighted by Crippen LogP contribution is 2.57. The summed E-state index contributed by atoms with van der Waals surface area (Å²) < 4.78 is 36.5. The third-order valence-corrected chi connectivity index (χ3v) is 5.65. The van der Waals surface area contributed by atoms with Crippen molar-refractivity contribution < 1.29 is 47.6 Å². The molecule has 5 atom stereocenters. The summed E-state index contributed by atoms with van der Waals surface area (Å²) in [5, 5.41) is 29.2. The smallest absolute Gasteiger partial charge is 0.387 e. The van der Waals surface area contributed by atoms with E-state index in [0.717, 1.165) is 10.9 Å². The first-order valence-corrected chi connectivity index (χ1v) is 10.0. The van der Waals surface area contributed by atoms with Crippen molar-refractivity contribution >= 4 is 26.8 Å². The Kier molecular flexibility index (Phi) is 5.31. The maximum atomic E-state index is 11.6. The van der Waals surface area contributed by atoms with Crippen molar-refractivity contribution in [1.82, 2.24) is 25.0 Å². The Morgan fingerprint density at radius 2 is 1.96 bits per heavy atom. The molecule has 1 aliphatic heterocycles. The lowest BCUT2D eigenvalue weighted by atomic mass is 10.1. The fraction of sp³-hybridized carbons (Fsp3) is 0.556. The minimum absolute atomic E-state index is 0.0609. The minimum Gasteiger partial charge on any atom is -0.387 e. The molecule has 0 amide bonds. The fourth-order valence-corrected chi connectivity index (χ4v) is 3.99. The van der Waals surface area contributed by atoms with Gasteiger partial charge in [0.15, 0.2) is 17.4 Å². The summed E-state index contributed by atoms with van der Waals surface area (Å²) in [5.41, 5.74) is -0.818. The molecule has 1 unspecified atom stereocenters. The summed E-state index contributed by atoms with van der Waals surface area (Å²) in [5.74, 6) is 0. The number of rotatable bonds is 6. The van der Waals surface area contributed by atoms with Crippen LogP contribution in [-0.4, -0.2) is 74.8 Å². The Morgan fingerprint density at radius 1 is 1.26 bits per heavy atom. The average Bonchev–Trinajstić information content (AvgIpc) is 3.07. The van der Waals surface area contributed by atoms with Gasteiger partial charge >= 0.3 is 15.6 Å². The van der Waals surface area contributed by atoms with Gasteiger partial charge in [-0.2, -0.15) is 4.31 Å². The molecule has 3 heterocycles. The quantitative estimate of drug-likeness (QED) is 0.257. The summed E-state index contributed by atoms with van der Waals surface area (Å²) >= 11 is 0. The zero-order valence-electron chi connectivity index (χ0n) is 13.0. The summed E-state index contributed by atoms with van der Waals surface area (Å²) in [6.07, 6.45) is -4.81. The van der Waals surface area contributed by atoms with Gasteiger partial charge in [-0.05, 0) is 0 Å². The van der Waals surface area contributed by atoms with E-state index in [4.69, 9.17) is 14.5 Å². The standard InChI is InChI=1S/C9H13N5O11P2/c15-5-3(1-23-27(21,22)25-26(18,19)20)24-9(6(5)16)14-2-10-4-7(14)11-13-12-8(4)17/h2-3,5-6,9,15-16H,1H2,(H,21,22)(H,11,12,17)(H2,18,19,20)/t3-,5-,6-,9-/m1/s1. The first-order valence-electron chi connectivity index (χ1n) is 7.02. The maximum absolute atomic E-state index is 11.6. The van der Waals surface area contributed by atoms with E-state index in [-0.39, 0.29) is 11.2 Å². The first kappa shape index (κ1) is 20.2. The van der Waals surface area contributed by atoms with Crippen LogP contribution in [0.4, 0.5) is 0 Å². The molecule has 0 aliphatic carbocycles. The zero-order valence-corrected chi connectivity index (χ0v) is 14.8. The third kappa shape index (κ3) is 4.30. The SMILES string of the molecule is O=c1[nH]nnc2c1ncn2[C@@H]1O[C@H](COP(=O)(O)OP(=O)(O)O)[C@@H](O)[C@H]1O. The molecule has 0 aromatic carbocycles. The average molecular weight is 429 g/mol. The van der Waals surface area contributed by atoms with E-state index in [9.17, 15) is 29.0 Å². The zero-order chi connectivity index (χ0) is 20.0. The Balaban J connectivity index is 1.76. The number of phosphoric acid groups is 2. The van der Waals surface area contributed by atoms with Crippen LogP contribution in [0.15, 0.2) is 11.1 Å². The number of aliphatic hydroxyl groups excluding tert-OH is 2. The van der Waals surface area contributed by atoms with Crippen LogP contribution in [0.3, 0.4) is 0 Å². The fourth-order valence-electron chi connectivity index (χ4n) is 2.39. The van der Waals surface area contributed by atoms with E-state index < -0.39 is 52.4 Å². The highest BCUT2D eigenvalue weighted by molar-refractivity contribution is 7.60. The molecule has 1 saturated heterocycles. The van der Waals surface area contributed by atoms with Crippen LogP contribution in [-0.2, 0) is 22.7 Å². The van der Waals surface area contributed by atoms with E-state index in [2.05, 4.69) is 29.2 Å². The lowest BCUT2D eigenvalue weighted by molar-refractivity contribution is -0.0503. The number of imidazole rings is 1. The van der Waals surface area contributed by atoms with Crippen LogP contribution in [0, 0.1) is 0 Å². The van der Waals surface area contributed by atoms with Gasteiger partial charge in [0.25, 0.3) is 5.56 Å². The van der Waals surface area contributed by atoms with Crippen molar-refractivity contribution in [2.75, 3.05) is 6.61 Å². The molecule has 150 valence electrons. The molecule has 3 rings (SSSR count). The number of nitrogens with zero attached hydrogens (tertiary/aromatic N) is 4. The number of H-pyrrole nitrogens is 1. The summed E-state index contributed by atoms with van der Waals surface area (Å²) in [7, 11) is -10.5. The summed E-state index contributed by atoms with van der Waals surface area (Å²) in [6.45, 7) is -0.860. The molecule has 16 nitrogen and oxygen atoms in total. The molecule has 6 N–H and O–H groups in total. The molecule has 0 bridgehead atoms. The number of phosphoric ester groups is 1. The van der Waals surface area contributed by atoms with E-state index >= 15 is 0 Å². The van der Waals surface area contributed by atoms with Crippen LogP contribution >= 0.6 is 15.6 Å². The molecule has 2 aromatic heterocycles. The van der Waals surface area contributed by atoms with Crippen molar-refractivity contribution in [2.45, 2.75) is 24.5 Å². The predicted molar refractivity (Wildman–Crippen MR) is 80.8 cm³/mol. The van der Waals surface area contributed by atoms with E-state index in [1.807, 2.05) is 0 Å². The first-order chi connectivity index (χ1) is 12.5. The third-order valence-electron chi connectivity index (χ3n) is 3.50. The second-order valence-electron chi connectivity index (χ2n) is 5.35. The van der Waals surface area contributed by atoms with Crippen molar-refractivity contribution in [2.24, 2.45) is 0 Å². The molecule has 27 heavy (non-hydrogen) atoms. The topological polar surface area (TPSA) is 239 Å². The van der Waals surface area contributed by atoms with Crippen molar-refractivity contribution in [3.05, 3.63) is 16.7 Å². The van der Waals surface area contributed by atoms with Gasteiger partial charge in [-0.25, -0.2) is 19.2 Å². The summed E-state index contributed by atoms with van der Waals surface area (Å²) in [4.78, 5) is 41.7. The van der Waals surface area contributed by atoms with Crippen LogP contribution in [0.5, 0.6) is 0 Å². The largest absolute Gasteiger partial charge is 0.481 e. The van der Waals surface area contributed by atoms with Gasteiger partial charge in [-0.15, -0.1) is 5.10 Å². The number of aliphatic hydroxyl groups is 2. The minimum atomic E-state index is -5.31. The van der Waals surface area contributed by atoms with Crippen LogP contribution in [0.2, 0.25) is 0 Å². The number of aromatic nitrogens is 5. The number of hydrogen-bond acceptors (Lipinski definition) is 11. The Bertz CT molecular complexity index is 986. The van der Waals surface area contributed by atoms with E-state index in [1.54, 1.807) is 0 Å². The van der Waals surface area contributed by atoms with Gasteiger partial charge in [0, 0.05) is 0 Å². The van der Waals surface area contributed by atoms with Gasteiger partial charge in [0.05, 0.1) is 12.9 Å². The van der Waals surface area contributed by atoms with Crippen LogP contribution in [0.1, 0.15) is 6.23 Å². The van der Waals surface area contributed by atoms with Gasteiger partial charge in [0.2, 0.25) is 0 Å². The maximum Gasteiger partial charge on any atom is 0.481 e. The molecular weight excluding hydrogens is 416 g/mol. The lowest BCUT2D eigenvalue weighted by Gasteiger charge is -2.17. The number of fused-ring (bicyclic) bond motifs is 1. The Labute approximate surface area is 148 Å². The Morgan fingerprint density at radius 3 is 2.63 bits per heavy atom. The monoisotopic (exact) mass is 429 g/mol. The number of ether oxygens (including phenoxy) is 1. The predicted octanol–water partition coefficient (Wildman–Crippen LogP) is -2.64. The molecule has 18 heteroatoms. The summed E-state index contributed by atoms with van der Waals surface area (Å²) in [6, 6.07) is 0. The van der Waals surface area contributed by atoms with Gasteiger partial charge < -0.3 is 29.6 Å². The van der Waals surface area contributed by atoms with E-state index in [1.165, 1.54) is 0 Å². The van der Waals surface area contributed by atoms with Gasteiger partial charge in [-0.3, -0.25) is 13.9 Å². The van der Waals surface area contributed by atoms with Crippen LogP contribution < -0.4 is 5.56 Å². The highest BCUT2D eigenvalue weighted by Gasteiger charge is 2.46. The molecule has 1 aliphatic rings. The highest BCUT2D eigenvalue weighted by atomic mass is 31.3. The molecule has 2 aromatic rings. The molecule has 0 saturated carbocycles. The second kappa shape index (κ2) is 7.10. The van der Waals surface area contributed by atoms with Crippen molar-refractivity contribution in [1.29, 1.82) is 0 Å².